The van der Waals surface area contributed by atoms with Crippen LogP contribution in [0.2, 0.25) is 0 Å². The molecule has 3 aromatic rings. The molecule has 1 aliphatic heterocycles. The summed E-state index contributed by atoms with van der Waals surface area (Å²) in [6.45, 7) is 8.97. The second-order valence-corrected chi connectivity index (χ2v) is 10.1. The molecule has 8 nitrogen and oxygen atoms in total. The smallest absolute Gasteiger partial charge is 0.266 e. The molecule has 3 heterocycles. The number of hydrogen-bond acceptors (Lipinski definition) is 8. The number of nitrogens with one attached hydrogen (secondary N) is 2. The molecule has 1 aliphatic rings. The summed E-state index contributed by atoms with van der Waals surface area (Å²) in [6.07, 6.45) is -0.983. The number of benzene rings is 1. The van der Waals surface area contributed by atoms with Crippen LogP contribution in [0.5, 0.6) is 5.88 Å². The molecular weight excluding hydrogens is 509 g/mol. The zero-order valence-corrected chi connectivity index (χ0v) is 23.1. The summed E-state index contributed by atoms with van der Waals surface area (Å²) < 4.78 is 52.5. The molecule has 1 atom stereocenters. The number of ether oxygens (including phenoxy) is 2. The van der Waals surface area contributed by atoms with Crippen LogP contribution in [0.4, 0.5) is 24.9 Å². The second-order valence-electron chi connectivity index (χ2n) is 10.1. The molecule has 212 valence electrons. The fourth-order valence-electron chi connectivity index (χ4n) is 5.04. The summed E-state index contributed by atoms with van der Waals surface area (Å²) >= 11 is 0. The number of hydrogen-bond donors (Lipinski definition) is 2. The Morgan fingerprint density at radius 1 is 1.05 bits per heavy atom. The highest BCUT2D eigenvalue weighted by Crippen LogP contribution is 2.38. The molecule has 2 N–H and O–H groups in total. The average Bonchev–Trinajstić information content (AvgIpc) is 2.92. The van der Waals surface area contributed by atoms with Gasteiger partial charge in [0.25, 0.3) is 6.43 Å². The predicted octanol–water partition coefficient (Wildman–Crippen LogP) is 5.93. The molecule has 1 fully saturated rings. The highest BCUT2D eigenvalue weighted by molar-refractivity contribution is 5.89. The number of alkyl halides is 2. The molecular formula is C28H37F3N6O2. The number of methoxy groups -OCH3 is 2. The average molecular weight is 547 g/mol. The van der Waals surface area contributed by atoms with Crippen LogP contribution in [0.3, 0.4) is 0 Å². The first-order valence-corrected chi connectivity index (χ1v) is 13.3. The molecule has 39 heavy (non-hydrogen) atoms. The lowest BCUT2D eigenvalue weighted by atomic mass is 9.89. The summed E-state index contributed by atoms with van der Waals surface area (Å²) in [7, 11) is 3.19. The van der Waals surface area contributed by atoms with Crippen LogP contribution in [0.1, 0.15) is 68.7 Å². The zero-order chi connectivity index (χ0) is 28.1. The number of pyridine rings is 1. The van der Waals surface area contributed by atoms with Crippen LogP contribution in [0, 0.1) is 5.82 Å². The van der Waals surface area contributed by atoms with Crippen molar-refractivity contribution in [2.75, 3.05) is 51.1 Å². The number of anilines is 2. The molecule has 2 aromatic heterocycles. The first-order chi connectivity index (χ1) is 18.7. The van der Waals surface area contributed by atoms with E-state index in [0.29, 0.717) is 47.9 Å². The summed E-state index contributed by atoms with van der Waals surface area (Å²) in [5.41, 5.74) is 0.869. The summed E-state index contributed by atoms with van der Waals surface area (Å²) in [6, 6.07) is 5.85. The SMILES string of the molecule is COCCNc1nc(N[C@H](C)c2cccc(C(F)F)c2F)c2cc(C3CCN(C(C)C)CC3)c(OC)nc2n1. The highest BCUT2D eigenvalue weighted by Gasteiger charge is 2.27. The molecule has 4 rings (SSSR count). The normalized spacial score (nSPS) is 15.7. The Morgan fingerprint density at radius 3 is 2.41 bits per heavy atom. The number of halogens is 3. The minimum Gasteiger partial charge on any atom is -0.481 e. The maximum atomic E-state index is 15.0. The number of nitrogens with zero attached hydrogens (tertiary/aromatic N) is 4. The van der Waals surface area contributed by atoms with Gasteiger partial charge in [0.1, 0.15) is 11.6 Å². The zero-order valence-electron chi connectivity index (χ0n) is 23.1. The van der Waals surface area contributed by atoms with Gasteiger partial charge in [-0.15, -0.1) is 0 Å². The molecule has 0 spiro atoms. The van der Waals surface area contributed by atoms with Crippen LogP contribution >= 0.6 is 0 Å². The monoisotopic (exact) mass is 546 g/mol. The van der Waals surface area contributed by atoms with E-state index in [1.54, 1.807) is 21.1 Å². The Balaban J connectivity index is 1.74. The van der Waals surface area contributed by atoms with Gasteiger partial charge >= 0.3 is 0 Å². The molecule has 11 heteroatoms. The van der Waals surface area contributed by atoms with Gasteiger partial charge < -0.3 is 25.0 Å². The van der Waals surface area contributed by atoms with Crippen molar-refractivity contribution in [3.05, 3.63) is 46.8 Å². The van der Waals surface area contributed by atoms with E-state index >= 15 is 0 Å². The van der Waals surface area contributed by atoms with Gasteiger partial charge in [0.2, 0.25) is 11.8 Å². The van der Waals surface area contributed by atoms with Crippen LogP contribution < -0.4 is 15.4 Å². The maximum absolute atomic E-state index is 15.0. The van der Waals surface area contributed by atoms with Crippen LogP contribution in [-0.4, -0.2) is 66.4 Å². The minimum atomic E-state index is -2.91. The van der Waals surface area contributed by atoms with Gasteiger partial charge in [0.15, 0.2) is 5.65 Å². The van der Waals surface area contributed by atoms with Crippen molar-refractivity contribution in [2.24, 2.45) is 0 Å². The molecule has 0 radical (unpaired) electrons. The van der Waals surface area contributed by atoms with Gasteiger partial charge in [-0.1, -0.05) is 18.2 Å². The van der Waals surface area contributed by atoms with Crippen molar-refractivity contribution >= 4 is 22.8 Å². The van der Waals surface area contributed by atoms with Crippen molar-refractivity contribution in [3.63, 3.8) is 0 Å². The summed E-state index contributed by atoms with van der Waals surface area (Å²) in [5, 5.41) is 6.99. The lowest BCUT2D eigenvalue weighted by molar-refractivity contribution is 0.146. The van der Waals surface area contributed by atoms with E-state index < -0.39 is 23.8 Å². The van der Waals surface area contributed by atoms with Gasteiger partial charge in [0.05, 0.1) is 30.7 Å². The van der Waals surface area contributed by atoms with Crippen LogP contribution in [0.15, 0.2) is 24.3 Å². The third kappa shape index (κ3) is 6.52. The van der Waals surface area contributed by atoms with E-state index in [-0.39, 0.29) is 11.5 Å². The largest absolute Gasteiger partial charge is 0.481 e. The Hall–Kier alpha value is -3.18. The van der Waals surface area contributed by atoms with E-state index in [2.05, 4.69) is 39.3 Å². The fourth-order valence-corrected chi connectivity index (χ4v) is 5.04. The third-order valence-corrected chi connectivity index (χ3v) is 7.28. The number of aromatic nitrogens is 3. The van der Waals surface area contributed by atoms with Crippen molar-refractivity contribution in [2.45, 2.75) is 58.0 Å². The van der Waals surface area contributed by atoms with Gasteiger partial charge in [-0.3, -0.25) is 0 Å². The lowest BCUT2D eigenvalue weighted by Crippen LogP contribution is -2.37. The van der Waals surface area contributed by atoms with Gasteiger partial charge in [-0.05, 0) is 58.7 Å². The van der Waals surface area contributed by atoms with Gasteiger partial charge in [0, 0.05) is 30.8 Å². The summed E-state index contributed by atoms with van der Waals surface area (Å²) in [5.74, 6) is 0.564. The molecule has 0 bridgehead atoms. The minimum absolute atomic E-state index is 0.121. The number of fused-ring (bicyclic) bond motifs is 1. The van der Waals surface area contributed by atoms with E-state index in [4.69, 9.17) is 14.5 Å². The van der Waals surface area contributed by atoms with Gasteiger partial charge in [-0.2, -0.15) is 15.0 Å². The Morgan fingerprint density at radius 2 is 1.77 bits per heavy atom. The van der Waals surface area contributed by atoms with Crippen LogP contribution in [0.25, 0.3) is 11.0 Å². The van der Waals surface area contributed by atoms with Gasteiger partial charge in [-0.25, -0.2) is 13.2 Å². The van der Waals surface area contributed by atoms with E-state index in [1.807, 2.05) is 6.07 Å². The van der Waals surface area contributed by atoms with Crippen molar-refractivity contribution in [3.8, 4) is 5.88 Å². The van der Waals surface area contributed by atoms with Crippen molar-refractivity contribution in [1.29, 1.82) is 0 Å². The first-order valence-electron chi connectivity index (χ1n) is 13.3. The number of likely N-dealkylation sites (tertiary alicyclic amines) is 1. The van der Waals surface area contributed by atoms with Crippen molar-refractivity contribution in [1.82, 2.24) is 19.9 Å². The molecule has 0 amide bonds. The Bertz CT molecular complexity index is 1270. The fraction of sp³-hybridized carbons (Fsp3) is 0.536. The topological polar surface area (TPSA) is 84.4 Å². The Kier molecular flexibility index (Phi) is 9.45. The molecule has 0 aliphatic carbocycles. The number of piperidine rings is 1. The quantitative estimate of drug-likeness (QED) is 0.287. The molecule has 0 saturated carbocycles. The maximum Gasteiger partial charge on any atom is 0.266 e. The highest BCUT2D eigenvalue weighted by atomic mass is 19.3. The first kappa shape index (κ1) is 28.8. The standard InChI is InChI=1S/C28H37F3N6O2/c1-16(2)37-12-9-18(10-13-37)21-15-22-25(33-17(3)19-7-6-8-20(23(19)29)24(30)31)35-28(32-11-14-38-4)36-26(22)34-27(21)39-5/h6-8,15-18,24H,9-14H2,1-5H3,(H2,32,33,34,35,36)/t17-/m1/s1. The third-order valence-electron chi connectivity index (χ3n) is 7.28. The second kappa shape index (κ2) is 12.8. The van der Waals surface area contributed by atoms with E-state index in [1.165, 1.54) is 12.1 Å². The molecule has 1 aromatic carbocycles. The summed E-state index contributed by atoms with van der Waals surface area (Å²) in [4.78, 5) is 16.4. The predicted molar refractivity (Wildman–Crippen MR) is 146 cm³/mol. The number of rotatable bonds is 11. The lowest BCUT2D eigenvalue weighted by Gasteiger charge is -2.35. The van der Waals surface area contributed by atoms with E-state index in [0.717, 1.165) is 37.6 Å². The molecule has 0 unspecified atom stereocenters. The Labute approximate surface area is 227 Å². The molecule has 1 saturated heterocycles. The van der Waals surface area contributed by atoms with E-state index in [9.17, 15) is 13.2 Å². The van der Waals surface area contributed by atoms with Crippen molar-refractivity contribution < 1.29 is 22.6 Å². The van der Waals surface area contributed by atoms with Crippen LogP contribution in [-0.2, 0) is 4.74 Å².